The zero-order chi connectivity index (χ0) is 17.2. The number of aromatic nitrogens is 2. The van der Waals surface area contributed by atoms with Crippen LogP contribution in [0.4, 0.5) is 24.9 Å². The van der Waals surface area contributed by atoms with E-state index in [4.69, 9.17) is 4.74 Å². The van der Waals surface area contributed by atoms with Crippen molar-refractivity contribution in [1.82, 2.24) is 14.9 Å². The molecular formula is C14H22F3N5O. The molecule has 130 valence electrons. The fraction of sp³-hybridized carbons (Fsp3) is 0.714. The smallest absolute Gasteiger partial charge is 0.373 e. The molecule has 2 atom stereocenters. The van der Waals surface area contributed by atoms with E-state index in [-0.39, 0.29) is 23.9 Å². The van der Waals surface area contributed by atoms with Crippen molar-refractivity contribution < 1.29 is 17.9 Å². The summed E-state index contributed by atoms with van der Waals surface area (Å²) in [7, 11) is 5.25. The van der Waals surface area contributed by atoms with Gasteiger partial charge in [-0.25, -0.2) is 4.98 Å². The average molecular weight is 333 g/mol. The van der Waals surface area contributed by atoms with Crippen molar-refractivity contribution in [2.45, 2.75) is 25.2 Å². The molecule has 2 unspecified atom stereocenters. The second kappa shape index (κ2) is 6.88. The van der Waals surface area contributed by atoms with E-state index < -0.39 is 11.9 Å². The number of nitrogens with one attached hydrogen (secondary N) is 1. The van der Waals surface area contributed by atoms with Crippen molar-refractivity contribution >= 4 is 11.8 Å². The molecule has 2 rings (SSSR count). The first kappa shape index (κ1) is 17.7. The number of likely N-dealkylation sites (N-methyl/N-ethyl adjacent to an activating group) is 1. The van der Waals surface area contributed by atoms with E-state index in [1.54, 1.807) is 14.1 Å². The van der Waals surface area contributed by atoms with Gasteiger partial charge in [-0.15, -0.1) is 0 Å². The number of halogens is 3. The molecule has 1 aliphatic rings. The maximum absolute atomic E-state index is 13.0. The largest absolute Gasteiger partial charge is 0.433 e. The number of alkyl halides is 3. The highest BCUT2D eigenvalue weighted by molar-refractivity contribution is 5.44. The van der Waals surface area contributed by atoms with Gasteiger partial charge in [-0.2, -0.15) is 18.2 Å². The van der Waals surface area contributed by atoms with Gasteiger partial charge in [0.2, 0.25) is 5.95 Å². The molecule has 0 radical (unpaired) electrons. The molecule has 0 spiro atoms. The van der Waals surface area contributed by atoms with Crippen LogP contribution in [-0.2, 0) is 10.9 Å². The molecule has 1 N–H and O–H groups in total. The molecule has 0 aromatic carbocycles. The standard InChI is InChI=1S/C14H22F3N5O/c1-9(10-8-22(4)5-6-23-10)18-13-19-11(14(15,16)17)7-12(20-13)21(2)3/h7,9-10H,5-6,8H2,1-4H3,(H,18,19,20). The second-order valence-electron chi connectivity index (χ2n) is 5.93. The van der Waals surface area contributed by atoms with Gasteiger partial charge >= 0.3 is 6.18 Å². The summed E-state index contributed by atoms with van der Waals surface area (Å²) in [4.78, 5) is 11.4. The summed E-state index contributed by atoms with van der Waals surface area (Å²) in [5.41, 5.74) is -0.965. The first-order chi connectivity index (χ1) is 10.7. The molecule has 1 aromatic heterocycles. The number of nitrogens with zero attached hydrogens (tertiary/aromatic N) is 4. The molecule has 1 saturated heterocycles. The molecule has 6 nitrogen and oxygen atoms in total. The van der Waals surface area contributed by atoms with Crippen LogP contribution in [-0.4, -0.2) is 67.9 Å². The number of rotatable bonds is 4. The van der Waals surface area contributed by atoms with Gasteiger partial charge in [0.25, 0.3) is 0 Å². The van der Waals surface area contributed by atoms with Gasteiger partial charge < -0.3 is 19.9 Å². The average Bonchev–Trinajstić information content (AvgIpc) is 2.46. The lowest BCUT2D eigenvalue weighted by Gasteiger charge is -2.34. The van der Waals surface area contributed by atoms with E-state index in [2.05, 4.69) is 20.2 Å². The third-order valence-electron chi connectivity index (χ3n) is 3.67. The van der Waals surface area contributed by atoms with Gasteiger partial charge in [0.1, 0.15) is 5.82 Å². The summed E-state index contributed by atoms with van der Waals surface area (Å²) < 4.78 is 44.6. The minimum absolute atomic E-state index is 0.0483. The Kier molecular flexibility index (Phi) is 5.30. The van der Waals surface area contributed by atoms with Crippen LogP contribution in [0.1, 0.15) is 12.6 Å². The van der Waals surface area contributed by atoms with Crippen LogP contribution in [0.25, 0.3) is 0 Å². The number of ether oxygens (including phenoxy) is 1. The Hall–Kier alpha value is -1.61. The molecule has 0 amide bonds. The van der Waals surface area contributed by atoms with Crippen LogP contribution in [0.15, 0.2) is 6.07 Å². The van der Waals surface area contributed by atoms with Gasteiger partial charge in [-0.05, 0) is 14.0 Å². The second-order valence-corrected chi connectivity index (χ2v) is 5.93. The van der Waals surface area contributed by atoms with Crippen molar-refractivity contribution in [2.24, 2.45) is 0 Å². The minimum Gasteiger partial charge on any atom is -0.373 e. The number of morpholine rings is 1. The predicted molar refractivity (Wildman–Crippen MR) is 81.7 cm³/mol. The maximum Gasteiger partial charge on any atom is 0.433 e. The lowest BCUT2D eigenvalue weighted by atomic mass is 10.1. The summed E-state index contributed by atoms with van der Waals surface area (Å²) in [6.07, 6.45) is -4.65. The Balaban J connectivity index is 2.19. The molecule has 0 aliphatic carbocycles. The predicted octanol–water partition coefficient (Wildman–Crippen LogP) is 1.69. The SMILES string of the molecule is CC(Nc1nc(N(C)C)cc(C(F)(F)F)n1)C1CN(C)CCO1. The first-order valence-electron chi connectivity index (χ1n) is 7.37. The summed E-state index contributed by atoms with van der Waals surface area (Å²) in [5, 5.41) is 2.94. The monoisotopic (exact) mass is 333 g/mol. The van der Waals surface area contributed by atoms with Crippen LogP contribution >= 0.6 is 0 Å². The molecule has 9 heteroatoms. The lowest BCUT2D eigenvalue weighted by Crippen LogP contribution is -2.47. The minimum atomic E-state index is -4.52. The summed E-state index contributed by atoms with van der Waals surface area (Å²) in [6.45, 7) is 3.99. The highest BCUT2D eigenvalue weighted by atomic mass is 19.4. The molecule has 0 saturated carbocycles. The van der Waals surface area contributed by atoms with Gasteiger partial charge in [-0.3, -0.25) is 0 Å². The zero-order valence-corrected chi connectivity index (χ0v) is 13.7. The highest BCUT2D eigenvalue weighted by Crippen LogP contribution is 2.30. The Morgan fingerprint density at radius 2 is 2.09 bits per heavy atom. The number of hydrogen-bond acceptors (Lipinski definition) is 6. The lowest BCUT2D eigenvalue weighted by molar-refractivity contribution is -0.141. The summed E-state index contributed by atoms with van der Waals surface area (Å²) >= 11 is 0. The summed E-state index contributed by atoms with van der Waals surface area (Å²) in [6, 6.07) is 0.719. The number of hydrogen-bond donors (Lipinski definition) is 1. The van der Waals surface area contributed by atoms with E-state index in [9.17, 15) is 13.2 Å². The topological polar surface area (TPSA) is 53.5 Å². The van der Waals surface area contributed by atoms with Crippen LogP contribution in [0.5, 0.6) is 0 Å². The van der Waals surface area contributed by atoms with Gasteiger partial charge in [0.15, 0.2) is 5.69 Å². The van der Waals surface area contributed by atoms with Gasteiger partial charge in [0.05, 0.1) is 18.8 Å². The van der Waals surface area contributed by atoms with E-state index in [0.29, 0.717) is 13.2 Å². The molecule has 2 heterocycles. The Morgan fingerprint density at radius 1 is 1.39 bits per heavy atom. The third kappa shape index (κ3) is 4.68. The first-order valence-corrected chi connectivity index (χ1v) is 7.37. The van der Waals surface area contributed by atoms with E-state index in [0.717, 1.165) is 12.6 Å². The van der Waals surface area contributed by atoms with Crippen molar-refractivity contribution in [3.8, 4) is 0 Å². The molecule has 1 fully saturated rings. The normalized spacial score (nSPS) is 21.1. The van der Waals surface area contributed by atoms with E-state index >= 15 is 0 Å². The molecular weight excluding hydrogens is 311 g/mol. The molecule has 1 aromatic rings. The maximum atomic E-state index is 13.0. The van der Waals surface area contributed by atoms with Gasteiger partial charge in [0, 0.05) is 33.3 Å². The van der Waals surface area contributed by atoms with Crippen LogP contribution in [0.3, 0.4) is 0 Å². The van der Waals surface area contributed by atoms with E-state index in [1.807, 2.05) is 14.0 Å². The third-order valence-corrected chi connectivity index (χ3v) is 3.67. The van der Waals surface area contributed by atoms with Crippen molar-refractivity contribution in [3.63, 3.8) is 0 Å². The van der Waals surface area contributed by atoms with Crippen LogP contribution in [0, 0.1) is 0 Å². The quantitative estimate of drug-likeness (QED) is 0.905. The highest BCUT2D eigenvalue weighted by Gasteiger charge is 2.34. The van der Waals surface area contributed by atoms with Crippen molar-refractivity contribution in [1.29, 1.82) is 0 Å². The number of anilines is 2. The fourth-order valence-corrected chi connectivity index (χ4v) is 2.28. The molecule has 0 bridgehead atoms. The van der Waals surface area contributed by atoms with Crippen LogP contribution < -0.4 is 10.2 Å². The van der Waals surface area contributed by atoms with E-state index in [1.165, 1.54) is 4.90 Å². The van der Waals surface area contributed by atoms with Crippen molar-refractivity contribution in [2.75, 3.05) is 51.1 Å². The fourth-order valence-electron chi connectivity index (χ4n) is 2.28. The Bertz CT molecular complexity index is 538. The Morgan fingerprint density at radius 3 is 2.65 bits per heavy atom. The summed E-state index contributed by atoms with van der Waals surface area (Å²) in [5.74, 6) is 0.150. The van der Waals surface area contributed by atoms with Crippen molar-refractivity contribution in [3.05, 3.63) is 11.8 Å². The Labute approximate surface area is 133 Å². The molecule has 23 heavy (non-hydrogen) atoms. The zero-order valence-electron chi connectivity index (χ0n) is 13.7. The van der Waals surface area contributed by atoms with Gasteiger partial charge in [-0.1, -0.05) is 0 Å². The van der Waals surface area contributed by atoms with Crippen LogP contribution in [0.2, 0.25) is 0 Å². The molecule has 1 aliphatic heterocycles.